The molecular weight excluding hydrogens is 268 g/mol. The average molecular weight is 292 g/mol. The van der Waals surface area contributed by atoms with Gasteiger partial charge in [0.1, 0.15) is 0 Å². The van der Waals surface area contributed by atoms with Gasteiger partial charge < -0.3 is 16.2 Å². The molecule has 116 valence electrons. The Labute approximate surface area is 125 Å². The van der Waals surface area contributed by atoms with E-state index in [-0.39, 0.29) is 18.3 Å². The maximum atomic E-state index is 11.3. The van der Waals surface area contributed by atoms with Crippen molar-refractivity contribution in [1.29, 1.82) is 0 Å². The minimum Gasteiger partial charge on any atom is -0.481 e. The van der Waals surface area contributed by atoms with E-state index in [4.69, 9.17) is 10.8 Å². The molecule has 5 nitrogen and oxygen atoms in total. The van der Waals surface area contributed by atoms with Gasteiger partial charge in [0.05, 0.1) is 6.04 Å². The molecule has 0 bridgehead atoms. The number of carboxylic acids is 1. The molecule has 0 aliphatic rings. The number of benzene rings is 1. The summed E-state index contributed by atoms with van der Waals surface area (Å²) >= 11 is 0. The lowest BCUT2D eigenvalue weighted by molar-refractivity contribution is -0.137. The molecule has 21 heavy (non-hydrogen) atoms. The molecule has 1 rings (SSSR count). The second-order valence-electron chi connectivity index (χ2n) is 6.22. The molecular formula is C16H24N2O3. The number of nitrogens with two attached hydrogens (primary N) is 1. The Kier molecular flexibility index (Phi) is 5.90. The quantitative estimate of drug-likeness (QED) is 0.714. The average Bonchev–Trinajstić information content (AvgIpc) is 2.37. The fourth-order valence-electron chi connectivity index (χ4n) is 1.98. The highest BCUT2D eigenvalue weighted by atomic mass is 16.4. The van der Waals surface area contributed by atoms with E-state index in [9.17, 15) is 9.59 Å². The summed E-state index contributed by atoms with van der Waals surface area (Å²) in [5.74, 6) is -1.46. The van der Waals surface area contributed by atoms with Crippen LogP contribution < -0.4 is 11.1 Å². The zero-order chi connectivity index (χ0) is 16.0. The van der Waals surface area contributed by atoms with E-state index < -0.39 is 17.9 Å². The number of aliphatic carboxylic acids is 1. The second-order valence-corrected chi connectivity index (χ2v) is 6.22. The third-order valence-corrected chi connectivity index (χ3v) is 3.36. The van der Waals surface area contributed by atoms with Crippen molar-refractivity contribution in [2.24, 2.45) is 5.73 Å². The van der Waals surface area contributed by atoms with Gasteiger partial charge in [0.15, 0.2) is 0 Å². The smallest absolute Gasteiger partial charge is 0.303 e. The summed E-state index contributed by atoms with van der Waals surface area (Å²) in [5.41, 5.74) is 7.65. The Balaban J connectivity index is 2.59. The monoisotopic (exact) mass is 292 g/mol. The lowest BCUT2D eigenvalue weighted by Gasteiger charge is -2.19. The van der Waals surface area contributed by atoms with Gasteiger partial charge in [-0.2, -0.15) is 0 Å². The van der Waals surface area contributed by atoms with Gasteiger partial charge in [0.2, 0.25) is 5.91 Å². The van der Waals surface area contributed by atoms with Gasteiger partial charge in [0.25, 0.3) is 0 Å². The zero-order valence-corrected chi connectivity index (χ0v) is 12.8. The predicted octanol–water partition coefficient (Wildman–Crippen LogP) is 1.79. The normalized spacial score (nSPS) is 12.9. The summed E-state index contributed by atoms with van der Waals surface area (Å²) in [4.78, 5) is 21.8. The van der Waals surface area contributed by atoms with Crippen LogP contribution in [0.3, 0.4) is 0 Å². The van der Waals surface area contributed by atoms with Crippen LogP contribution in [-0.2, 0) is 21.5 Å². The first-order valence-corrected chi connectivity index (χ1v) is 7.04. The number of nitrogens with one attached hydrogen (secondary N) is 1. The molecule has 0 spiro atoms. The maximum absolute atomic E-state index is 11.3. The minimum atomic E-state index is -0.933. The van der Waals surface area contributed by atoms with Gasteiger partial charge in [-0.1, -0.05) is 45.0 Å². The molecule has 1 aromatic rings. The molecule has 0 heterocycles. The van der Waals surface area contributed by atoms with Gasteiger partial charge in [-0.05, 0) is 23.0 Å². The number of hydrogen-bond acceptors (Lipinski definition) is 3. The molecule has 5 heteroatoms. The fraction of sp³-hybridized carbons (Fsp3) is 0.500. The van der Waals surface area contributed by atoms with Crippen molar-refractivity contribution >= 4 is 11.9 Å². The lowest BCUT2D eigenvalue weighted by Crippen LogP contribution is -2.41. The first kappa shape index (κ1) is 17.2. The standard InChI is InChI=1S/C16H24N2O3/c1-16(2,3)12-6-4-11(5-7-12)10-18-13(15(17)21)8-9-14(19)20/h4-7,13,18H,8-10H2,1-3H3,(H2,17,21)(H,19,20)/t13-/m0/s1. The Bertz CT molecular complexity index is 489. The second kappa shape index (κ2) is 7.22. The van der Waals surface area contributed by atoms with Crippen molar-refractivity contribution in [2.45, 2.75) is 51.6 Å². The minimum absolute atomic E-state index is 0.0798. The van der Waals surface area contributed by atoms with E-state index in [0.29, 0.717) is 6.54 Å². The number of carboxylic acid groups (broad SMARTS) is 1. The largest absolute Gasteiger partial charge is 0.481 e. The highest BCUT2D eigenvalue weighted by Gasteiger charge is 2.16. The number of hydrogen-bond donors (Lipinski definition) is 3. The van der Waals surface area contributed by atoms with Crippen LogP contribution in [0.15, 0.2) is 24.3 Å². The maximum Gasteiger partial charge on any atom is 0.303 e. The molecule has 0 radical (unpaired) electrons. The first-order chi connectivity index (χ1) is 9.70. The summed E-state index contributed by atoms with van der Waals surface area (Å²) < 4.78 is 0. The SMILES string of the molecule is CC(C)(C)c1ccc(CN[C@@H](CCC(=O)O)C(N)=O)cc1. The Hall–Kier alpha value is -1.88. The Morgan fingerprint density at radius 2 is 1.81 bits per heavy atom. The summed E-state index contributed by atoms with van der Waals surface area (Å²) in [6.07, 6.45) is 0.119. The summed E-state index contributed by atoms with van der Waals surface area (Å²) in [5, 5.41) is 11.7. The van der Waals surface area contributed by atoms with Crippen molar-refractivity contribution < 1.29 is 14.7 Å². The van der Waals surface area contributed by atoms with Gasteiger partial charge in [-0.15, -0.1) is 0 Å². The van der Waals surface area contributed by atoms with Gasteiger partial charge in [-0.25, -0.2) is 0 Å². The zero-order valence-electron chi connectivity index (χ0n) is 12.8. The number of carbonyl (C=O) groups excluding carboxylic acids is 1. The Morgan fingerprint density at radius 1 is 1.24 bits per heavy atom. The number of carbonyl (C=O) groups is 2. The number of primary amides is 1. The van der Waals surface area contributed by atoms with Crippen molar-refractivity contribution in [3.63, 3.8) is 0 Å². The highest BCUT2D eigenvalue weighted by Crippen LogP contribution is 2.22. The first-order valence-electron chi connectivity index (χ1n) is 7.04. The van der Waals surface area contributed by atoms with Gasteiger partial charge in [-0.3, -0.25) is 9.59 Å². The molecule has 1 atom stereocenters. The Morgan fingerprint density at radius 3 is 2.24 bits per heavy atom. The van der Waals surface area contributed by atoms with E-state index in [1.807, 2.05) is 12.1 Å². The molecule has 0 fully saturated rings. The third-order valence-electron chi connectivity index (χ3n) is 3.36. The molecule has 0 unspecified atom stereocenters. The van der Waals surface area contributed by atoms with E-state index in [1.54, 1.807) is 0 Å². The van der Waals surface area contributed by atoms with E-state index in [0.717, 1.165) is 5.56 Å². The molecule has 0 aliphatic heterocycles. The van der Waals surface area contributed by atoms with Crippen molar-refractivity contribution in [3.8, 4) is 0 Å². The van der Waals surface area contributed by atoms with Crippen molar-refractivity contribution in [2.75, 3.05) is 0 Å². The van der Waals surface area contributed by atoms with Gasteiger partial charge in [0, 0.05) is 13.0 Å². The van der Waals surface area contributed by atoms with Crippen LogP contribution in [0, 0.1) is 0 Å². The lowest BCUT2D eigenvalue weighted by atomic mass is 9.87. The summed E-state index contributed by atoms with van der Waals surface area (Å²) in [7, 11) is 0. The molecule has 1 amide bonds. The number of amides is 1. The molecule has 1 aromatic carbocycles. The van der Waals surface area contributed by atoms with Gasteiger partial charge >= 0.3 is 5.97 Å². The molecule has 0 saturated carbocycles. The van der Waals surface area contributed by atoms with E-state index in [1.165, 1.54) is 5.56 Å². The molecule has 0 aromatic heterocycles. The summed E-state index contributed by atoms with van der Waals surface area (Å²) in [6.45, 7) is 6.93. The molecule has 0 aliphatic carbocycles. The summed E-state index contributed by atoms with van der Waals surface area (Å²) in [6, 6.07) is 7.51. The van der Waals surface area contributed by atoms with Crippen LogP contribution in [0.5, 0.6) is 0 Å². The predicted molar refractivity (Wildman–Crippen MR) is 81.8 cm³/mol. The molecule has 4 N–H and O–H groups in total. The third kappa shape index (κ3) is 5.95. The van der Waals surface area contributed by atoms with Crippen LogP contribution in [0.2, 0.25) is 0 Å². The van der Waals surface area contributed by atoms with Crippen LogP contribution in [0.1, 0.15) is 44.7 Å². The van der Waals surface area contributed by atoms with Crippen LogP contribution in [-0.4, -0.2) is 23.0 Å². The topological polar surface area (TPSA) is 92.4 Å². The van der Waals surface area contributed by atoms with Crippen molar-refractivity contribution in [1.82, 2.24) is 5.32 Å². The highest BCUT2D eigenvalue weighted by molar-refractivity contribution is 5.80. The fourth-order valence-corrected chi connectivity index (χ4v) is 1.98. The van der Waals surface area contributed by atoms with Crippen molar-refractivity contribution in [3.05, 3.63) is 35.4 Å². The van der Waals surface area contributed by atoms with Crippen LogP contribution in [0.4, 0.5) is 0 Å². The van der Waals surface area contributed by atoms with Crippen LogP contribution in [0.25, 0.3) is 0 Å². The molecule has 0 saturated heterocycles. The number of rotatable bonds is 7. The van der Waals surface area contributed by atoms with E-state index in [2.05, 4.69) is 38.2 Å². The van der Waals surface area contributed by atoms with Crippen LogP contribution >= 0.6 is 0 Å². The van der Waals surface area contributed by atoms with E-state index >= 15 is 0 Å².